The zero-order valence-corrected chi connectivity index (χ0v) is 18.0. The van der Waals surface area contributed by atoms with Crippen molar-refractivity contribution in [1.82, 2.24) is 0 Å². The molecule has 2 aromatic carbocycles. The molecule has 0 aliphatic heterocycles. The van der Waals surface area contributed by atoms with Gasteiger partial charge in [-0.1, -0.05) is 13.3 Å². The van der Waals surface area contributed by atoms with Crippen molar-refractivity contribution in [2.24, 2.45) is 4.99 Å². The number of hydrogen-bond acceptors (Lipinski definition) is 8. The maximum absolute atomic E-state index is 12.2. The molecule has 0 spiro atoms. The molecule has 0 radical (unpaired) electrons. The molecule has 0 bridgehead atoms. The molecule has 2 aromatic rings. The van der Waals surface area contributed by atoms with Gasteiger partial charge in [0.05, 0.1) is 38.0 Å². The van der Waals surface area contributed by atoms with Crippen LogP contribution in [0.4, 0.5) is 11.4 Å². The number of benzene rings is 2. The van der Waals surface area contributed by atoms with Gasteiger partial charge in [0.15, 0.2) is 17.6 Å². The first-order chi connectivity index (χ1) is 14.9. The van der Waals surface area contributed by atoms with Gasteiger partial charge in [0, 0.05) is 17.8 Å². The van der Waals surface area contributed by atoms with Gasteiger partial charge in [-0.05, 0) is 37.1 Å². The summed E-state index contributed by atoms with van der Waals surface area (Å²) in [6, 6.07) is 9.53. The van der Waals surface area contributed by atoms with Gasteiger partial charge in [-0.3, -0.25) is 15.1 Å². The average molecular weight is 430 g/mol. The number of esters is 1. The van der Waals surface area contributed by atoms with E-state index in [0.29, 0.717) is 23.4 Å². The maximum atomic E-state index is 12.2. The van der Waals surface area contributed by atoms with E-state index in [0.717, 1.165) is 12.8 Å². The van der Waals surface area contributed by atoms with Gasteiger partial charge in [-0.15, -0.1) is 0 Å². The highest BCUT2D eigenvalue weighted by molar-refractivity contribution is 5.88. The first-order valence-corrected chi connectivity index (χ1v) is 9.72. The molecule has 0 saturated carbocycles. The molecule has 2 rings (SSSR count). The number of aliphatic imine (C=N–C) groups is 1. The fourth-order valence-electron chi connectivity index (χ4n) is 2.79. The van der Waals surface area contributed by atoms with Crippen LogP contribution in [0.15, 0.2) is 41.4 Å². The van der Waals surface area contributed by atoms with Gasteiger partial charge in [0.1, 0.15) is 5.75 Å². The topological polar surface area (TPSA) is 109 Å². The molecule has 0 aliphatic rings. The van der Waals surface area contributed by atoms with Crippen molar-refractivity contribution in [2.45, 2.75) is 32.3 Å². The third-order valence-corrected chi connectivity index (χ3v) is 4.47. The lowest BCUT2D eigenvalue weighted by Crippen LogP contribution is -2.29. The number of rotatable bonds is 11. The van der Waals surface area contributed by atoms with Crippen molar-refractivity contribution in [3.05, 3.63) is 52.1 Å². The van der Waals surface area contributed by atoms with E-state index in [9.17, 15) is 14.9 Å². The molecule has 1 unspecified atom stereocenters. The number of ether oxygens (including phenoxy) is 4. The summed E-state index contributed by atoms with van der Waals surface area (Å²) >= 11 is 0. The number of unbranched alkanes of at least 4 members (excludes halogenated alkanes) is 1. The summed E-state index contributed by atoms with van der Waals surface area (Å²) in [7, 11) is 4.22. The summed E-state index contributed by atoms with van der Waals surface area (Å²) in [4.78, 5) is 27.4. The lowest BCUT2D eigenvalue weighted by atomic mass is 10.1. The highest BCUT2D eigenvalue weighted by Crippen LogP contribution is 2.36. The first-order valence-electron chi connectivity index (χ1n) is 9.72. The van der Waals surface area contributed by atoms with Crippen LogP contribution in [0.25, 0.3) is 0 Å². The summed E-state index contributed by atoms with van der Waals surface area (Å²) < 4.78 is 21.2. The number of methoxy groups -OCH3 is 3. The summed E-state index contributed by atoms with van der Waals surface area (Å²) in [6.45, 7) is 1.99. The molecule has 9 heteroatoms. The molecule has 0 saturated heterocycles. The van der Waals surface area contributed by atoms with Crippen LogP contribution >= 0.6 is 0 Å². The summed E-state index contributed by atoms with van der Waals surface area (Å²) in [6.07, 6.45) is 2.58. The number of nitrogens with zero attached hydrogens (tertiary/aromatic N) is 2. The van der Waals surface area contributed by atoms with Crippen LogP contribution in [-0.2, 0) is 9.53 Å². The van der Waals surface area contributed by atoms with Crippen LogP contribution in [0.3, 0.4) is 0 Å². The highest BCUT2D eigenvalue weighted by atomic mass is 16.6. The Labute approximate surface area is 180 Å². The van der Waals surface area contributed by atoms with E-state index >= 15 is 0 Å². The van der Waals surface area contributed by atoms with E-state index in [4.69, 9.17) is 18.9 Å². The number of carbonyl (C=O) groups is 1. The molecule has 31 heavy (non-hydrogen) atoms. The van der Waals surface area contributed by atoms with Crippen LogP contribution in [0, 0.1) is 10.1 Å². The summed E-state index contributed by atoms with van der Waals surface area (Å²) in [5.74, 6) is 0.441. The molecular weight excluding hydrogens is 404 g/mol. The lowest BCUT2D eigenvalue weighted by molar-refractivity contribution is -0.385. The third-order valence-electron chi connectivity index (χ3n) is 4.47. The number of nitro groups is 1. The quantitative estimate of drug-likeness (QED) is 0.224. The number of carbonyl (C=O) groups excluding carboxylic acids is 1. The molecule has 0 aromatic heterocycles. The third kappa shape index (κ3) is 6.43. The second-order valence-corrected chi connectivity index (χ2v) is 6.55. The predicted molar refractivity (Wildman–Crippen MR) is 116 cm³/mol. The normalized spacial score (nSPS) is 11.7. The van der Waals surface area contributed by atoms with Crippen LogP contribution in [-0.4, -0.2) is 44.5 Å². The van der Waals surface area contributed by atoms with E-state index in [1.807, 2.05) is 6.92 Å². The Morgan fingerprint density at radius 1 is 1.16 bits per heavy atom. The molecule has 0 N–H and O–H groups in total. The van der Waals surface area contributed by atoms with Crippen molar-refractivity contribution < 1.29 is 28.7 Å². The number of nitro benzene ring substituents is 1. The zero-order chi connectivity index (χ0) is 22.8. The lowest BCUT2D eigenvalue weighted by Gasteiger charge is -2.20. The Bertz CT molecular complexity index is 926. The SMILES string of the molecule is CCCCC(Oc1c(C=Nc2ccc(OC)cc2)cc([N+](=O)[O-])cc1OC)C(=O)OC. The van der Waals surface area contributed by atoms with Crippen LogP contribution in [0.5, 0.6) is 17.2 Å². The van der Waals surface area contributed by atoms with Crippen molar-refractivity contribution in [3.63, 3.8) is 0 Å². The Morgan fingerprint density at radius 3 is 2.42 bits per heavy atom. The molecule has 0 heterocycles. The molecule has 0 fully saturated rings. The Kier molecular flexibility index (Phi) is 8.80. The fourth-order valence-corrected chi connectivity index (χ4v) is 2.79. The second kappa shape index (κ2) is 11.5. The highest BCUT2D eigenvalue weighted by Gasteiger charge is 2.26. The van der Waals surface area contributed by atoms with Gasteiger partial charge in [-0.2, -0.15) is 0 Å². The van der Waals surface area contributed by atoms with Gasteiger partial charge in [0.2, 0.25) is 0 Å². The van der Waals surface area contributed by atoms with E-state index in [1.54, 1.807) is 31.4 Å². The molecule has 0 amide bonds. The summed E-state index contributed by atoms with van der Waals surface area (Å²) in [5.41, 5.74) is 0.712. The van der Waals surface area contributed by atoms with Crippen molar-refractivity contribution >= 4 is 23.6 Å². The van der Waals surface area contributed by atoms with Crippen molar-refractivity contribution in [1.29, 1.82) is 0 Å². The Hall–Kier alpha value is -3.62. The zero-order valence-electron chi connectivity index (χ0n) is 18.0. The summed E-state index contributed by atoms with van der Waals surface area (Å²) in [5, 5.41) is 11.4. The Morgan fingerprint density at radius 2 is 1.87 bits per heavy atom. The molecule has 166 valence electrons. The fraction of sp³-hybridized carbons (Fsp3) is 0.364. The van der Waals surface area contributed by atoms with Gasteiger partial charge in [0.25, 0.3) is 5.69 Å². The largest absolute Gasteiger partial charge is 0.497 e. The predicted octanol–water partition coefficient (Wildman–Crippen LogP) is 4.47. The molecule has 0 aliphatic carbocycles. The minimum atomic E-state index is -0.881. The van der Waals surface area contributed by atoms with Crippen LogP contribution < -0.4 is 14.2 Å². The first kappa shape index (κ1) is 23.7. The minimum absolute atomic E-state index is 0.121. The Balaban J connectivity index is 2.49. The number of hydrogen-bond donors (Lipinski definition) is 0. The monoisotopic (exact) mass is 430 g/mol. The molecule has 9 nitrogen and oxygen atoms in total. The number of non-ortho nitro benzene ring substituents is 1. The maximum Gasteiger partial charge on any atom is 0.347 e. The molecule has 1 atom stereocenters. The van der Waals surface area contributed by atoms with Gasteiger partial charge >= 0.3 is 5.97 Å². The smallest absolute Gasteiger partial charge is 0.347 e. The van der Waals surface area contributed by atoms with E-state index in [1.165, 1.54) is 32.6 Å². The van der Waals surface area contributed by atoms with Gasteiger partial charge in [-0.25, -0.2) is 4.79 Å². The van der Waals surface area contributed by atoms with Crippen LogP contribution in [0.2, 0.25) is 0 Å². The van der Waals surface area contributed by atoms with Crippen molar-refractivity contribution in [2.75, 3.05) is 21.3 Å². The average Bonchev–Trinajstić information content (AvgIpc) is 2.80. The second-order valence-electron chi connectivity index (χ2n) is 6.55. The van der Waals surface area contributed by atoms with Gasteiger partial charge < -0.3 is 18.9 Å². The minimum Gasteiger partial charge on any atom is -0.497 e. The van der Waals surface area contributed by atoms with E-state index < -0.39 is 17.0 Å². The van der Waals surface area contributed by atoms with Crippen LogP contribution in [0.1, 0.15) is 31.7 Å². The van der Waals surface area contributed by atoms with Crippen molar-refractivity contribution in [3.8, 4) is 17.2 Å². The molecular formula is C22H26N2O7. The standard InChI is InChI=1S/C22H26N2O7/c1-5-6-7-19(22(25)30-4)31-21-15(12-17(24(26)27)13-20(21)29-3)14-23-16-8-10-18(28-2)11-9-16/h8-14,19H,5-7H2,1-4H3. The van der Waals surface area contributed by atoms with E-state index in [2.05, 4.69) is 4.99 Å². The van der Waals surface area contributed by atoms with E-state index in [-0.39, 0.29) is 17.2 Å².